The van der Waals surface area contributed by atoms with Gasteiger partial charge in [-0.25, -0.2) is 9.78 Å². The number of imidazole rings is 1. The van der Waals surface area contributed by atoms with Gasteiger partial charge in [-0.2, -0.15) is 0 Å². The number of hydrogen-bond donors (Lipinski definition) is 1. The molecule has 1 fully saturated rings. The first-order valence-corrected chi connectivity index (χ1v) is 12.1. The first-order valence-electron chi connectivity index (χ1n) is 12.1. The van der Waals surface area contributed by atoms with E-state index in [2.05, 4.69) is 18.8 Å². The molecule has 3 rings (SSSR count). The zero-order chi connectivity index (χ0) is 22.2. The summed E-state index contributed by atoms with van der Waals surface area (Å²) < 4.78 is 3.53. The number of nitrogens with zero attached hydrogens (tertiary/aromatic N) is 4. The van der Waals surface area contributed by atoms with Crippen LogP contribution in [-0.2, 0) is 24.3 Å². The van der Waals surface area contributed by atoms with E-state index in [1.807, 2.05) is 9.47 Å². The Labute approximate surface area is 183 Å². The number of hydrogen-bond acceptors (Lipinski definition) is 4. The number of rotatable bonds is 10. The minimum absolute atomic E-state index is 0.159. The lowest BCUT2D eigenvalue weighted by Crippen LogP contribution is -2.32. The van der Waals surface area contributed by atoms with Crippen molar-refractivity contribution < 1.29 is 4.79 Å². The zero-order valence-electron chi connectivity index (χ0n) is 19.1. The molecule has 1 aliphatic rings. The summed E-state index contributed by atoms with van der Waals surface area (Å²) in [5.41, 5.74) is 0.123. The Bertz CT molecular complexity index is 979. The summed E-state index contributed by atoms with van der Waals surface area (Å²) >= 11 is 0. The highest BCUT2D eigenvalue weighted by Gasteiger charge is 2.21. The molecule has 2 aromatic rings. The van der Waals surface area contributed by atoms with Gasteiger partial charge < -0.3 is 9.47 Å². The average Bonchev–Trinajstić information content (AvgIpc) is 2.91. The Morgan fingerprint density at radius 1 is 0.935 bits per heavy atom. The van der Waals surface area contributed by atoms with Crippen LogP contribution in [0.15, 0.2) is 9.59 Å². The van der Waals surface area contributed by atoms with Gasteiger partial charge in [0.05, 0.1) is 0 Å². The van der Waals surface area contributed by atoms with Gasteiger partial charge in [-0.1, -0.05) is 46.0 Å². The molecule has 8 nitrogen and oxygen atoms in total. The topological polar surface area (TPSA) is 93.0 Å². The fourth-order valence-electron chi connectivity index (χ4n) is 4.39. The average molecular weight is 432 g/mol. The van der Waals surface area contributed by atoms with E-state index in [1.54, 1.807) is 4.57 Å². The van der Waals surface area contributed by atoms with Crippen LogP contribution in [0.5, 0.6) is 0 Å². The van der Waals surface area contributed by atoms with Crippen LogP contribution in [0.3, 0.4) is 0 Å². The Kier molecular flexibility index (Phi) is 8.49. The van der Waals surface area contributed by atoms with E-state index in [4.69, 9.17) is 4.98 Å². The van der Waals surface area contributed by atoms with Gasteiger partial charge >= 0.3 is 5.69 Å². The van der Waals surface area contributed by atoms with Crippen LogP contribution in [0.25, 0.3) is 11.2 Å². The molecular weight excluding hydrogens is 394 g/mol. The third kappa shape index (κ3) is 5.66. The van der Waals surface area contributed by atoms with E-state index in [-0.39, 0.29) is 11.5 Å². The predicted molar refractivity (Wildman–Crippen MR) is 122 cm³/mol. The minimum atomic E-state index is -0.406. The number of aromatic amines is 1. The van der Waals surface area contributed by atoms with E-state index in [0.29, 0.717) is 37.1 Å². The predicted octanol–water partition coefficient (Wildman–Crippen LogP) is 3.21. The van der Waals surface area contributed by atoms with Gasteiger partial charge in [-0.15, -0.1) is 0 Å². The highest BCUT2D eigenvalue weighted by Crippen LogP contribution is 2.17. The zero-order valence-corrected chi connectivity index (χ0v) is 19.1. The monoisotopic (exact) mass is 431 g/mol. The summed E-state index contributed by atoms with van der Waals surface area (Å²) in [6, 6.07) is 0. The second-order valence-corrected chi connectivity index (χ2v) is 8.62. The van der Waals surface area contributed by atoms with Crippen LogP contribution in [0, 0.1) is 0 Å². The molecule has 31 heavy (non-hydrogen) atoms. The lowest BCUT2D eigenvalue weighted by Gasteiger charge is -2.20. The van der Waals surface area contributed by atoms with Crippen LogP contribution < -0.4 is 11.2 Å². The van der Waals surface area contributed by atoms with Crippen molar-refractivity contribution in [1.29, 1.82) is 0 Å². The number of likely N-dealkylation sites (tertiary alicyclic amines) is 1. The molecule has 0 aromatic carbocycles. The second-order valence-electron chi connectivity index (χ2n) is 8.62. The van der Waals surface area contributed by atoms with Crippen molar-refractivity contribution in [2.24, 2.45) is 0 Å². The molecule has 0 atom stereocenters. The number of unbranched alkanes of at least 4 members (excludes halogenated alkanes) is 3. The molecule has 0 saturated carbocycles. The Morgan fingerprint density at radius 3 is 2.29 bits per heavy atom. The first kappa shape index (κ1) is 23.3. The summed E-state index contributed by atoms with van der Waals surface area (Å²) in [5.74, 6) is 0.891. The fraction of sp³-hybridized carbons (Fsp3) is 0.739. The number of carbonyl (C=O) groups excluding carboxylic acids is 1. The van der Waals surface area contributed by atoms with Crippen molar-refractivity contribution >= 4 is 17.1 Å². The summed E-state index contributed by atoms with van der Waals surface area (Å²) in [6.45, 7) is 7.08. The number of amides is 1. The van der Waals surface area contributed by atoms with Gasteiger partial charge in [0.15, 0.2) is 11.2 Å². The molecule has 0 aliphatic carbocycles. The van der Waals surface area contributed by atoms with Crippen molar-refractivity contribution in [1.82, 2.24) is 24.0 Å². The number of H-pyrrole nitrogens is 1. The maximum Gasteiger partial charge on any atom is 0.330 e. The van der Waals surface area contributed by atoms with Gasteiger partial charge in [-0.3, -0.25) is 19.1 Å². The molecule has 1 N–H and O–H groups in total. The molecule has 2 aromatic heterocycles. The van der Waals surface area contributed by atoms with E-state index in [9.17, 15) is 14.4 Å². The molecule has 3 heterocycles. The van der Waals surface area contributed by atoms with Crippen molar-refractivity contribution in [2.45, 2.75) is 97.6 Å². The van der Waals surface area contributed by atoms with Gasteiger partial charge in [0.25, 0.3) is 5.56 Å². The summed E-state index contributed by atoms with van der Waals surface area (Å²) in [7, 11) is 0. The maximum absolute atomic E-state index is 12.8. The van der Waals surface area contributed by atoms with Gasteiger partial charge in [-0.05, 0) is 25.7 Å². The molecular formula is C23H37N5O3. The van der Waals surface area contributed by atoms with Crippen LogP contribution in [0.2, 0.25) is 0 Å². The highest BCUT2D eigenvalue weighted by molar-refractivity contribution is 5.77. The van der Waals surface area contributed by atoms with Gasteiger partial charge in [0, 0.05) is 39.0 Å². The lowest BCUT2D eigenvalue weighted by atomic mass is 10.2. The van der Waals surface area contributed by atoms with Crippen LogP contribution >= 0.6 is 0 Å². The van der Waals surface area contributed by atoms with E-state index in [1.165, 1.54) is 12.8 Å². The largest absolute Gasteiger partial charge is 0.343 e. The molecule has 1 aliphatic heterocycles. The van der Waals surface area contributed by atoms with Crippen molar-refractivity contribution in [3.8, 4) is 0 Å². The molecule has 0 spiro atoms. The Hall–Kier alpha value is -2.38. The van der Waals surface area contributed by atoms with Crippen LogP contribution in [0.1, 0.15) is 83.9 Å². The lowest BCUT2D eigenvalue weighted by molar-refractivity contribution is -0.131. The quantitative estimate of drug-likeness (QED) is 0.585. The standard InChI is InChI=1S/C23H37N5O3/c1-3-5-9-17-27-18(12-13-19(29)26-14-10-7-8-11-15-26)24-21-20(27)22(30)25-23(31)28(21)16-6-4-2/h3-17H2,1-2H3,(H,25,30,31). The van der Waals surface area contributed by atoms with Crippen molar-refractivity contribution in [2.75, 3.05) is 13.1 Å². The number of fused-ring (bicyclic) bond motifs is 1. The third-order valence-electron chi connectivity index (χ3n) is 6.21. The second kappa shape index (κ2) is 11.3. The third-order valence-corrected chi connectivity index (χ3v) is 6.21. The number of nitrogens with one attached hydrogen (secondary N) is 1. The SMILES string of the molecule is CCCCCn1c(CCC(=O)N2CCCCCC2)nc2c1c(=O)[nH]c(=O)n2CCCC. The Balaban J connectivity index is 1.91. The molecule has 0 unspecified atom stereocenters. The van der Waals surface area contributed by atoms with E-state index >= 15 is 0 Å². The Morgan fingerprint density at radius 2 is 1.61 bits per heavy atom. The van der Waals surface area contributed by atoms with Crippen molar-refractivity contribution in [3.63, 3.8) is 0 Å². The van der Waals surface area contributed by atoms with Crippen LogP contribution in [0.4, 0.5) is 0 Å². The summed E-state index contributed by atoms with van der Waals surface area (Å²) in [4.78, 5) is 47.1. The fourth-order valence-corrected chi connectivity index (χ4v) is 4.39. The molecule has 0 radical (unpaired) electrons. The highest BCUT2D eigenvalue weighted by atomic mass is 16.2. The molecule has 172 valence electrons. The molecule has 8 heteroatoms. The van der Waals surface area contributed by atoms with Crippen LogP contribution in [-0.4, -0.2) is 43.0 Å². The minimum Gasteiger partial charge on any atom is -0.343 e. The smallest absolute Gasteiger partial charge is 0.330 e. The molecule has 0 bridgehead atoms. The first-order chi connectivity index (χ1) is 15.1. The summed E-state index contributed by atoms with van der Waals surface area (Å²) in [5, 5.41) is 0. The number of carbonyl (C=O) groups is 1. The molecule has 1 saturated heterocycles. The van der Waals surface area contributed by atoms with Gasteiger partial charge in [0.2, 0.25) is 5.91 Å². The number of aromatic nitrogens is 4. The van der Waals surface area contributed by atoms with Crippen molar-refractivity contribution in [3.05, 3.63) is 26.7 Å². The normalized spacial score (nSPS) is 14.8. The van der Waals surface area contributed by atoms with E-state index < -0.39 is 5.69 Å². The van der Waals surface area contributed by atoms with E-state index in [0.717, 1.165) is 63.9 Å². The molecule has 1 amide bonds. The summed E-state index contributed by atoms with van der Waals surface area (Å²) in [6.07, 6.45) is 10.2. The maximum atomic E-state index is 12.8. The number of aryl methyl sites for hydroxylation is 3. The van der Waals surface area contributed by atoms with Gasteiger partial charge in [0.1, 0.15) is 5.82 Å².